The molecule has 21 heavy (non-hydrogen) atoms. The summed E-state index contributed by atoms with van der Waals surface area (Å²) in [5.74, 6) is -0.916. The largest absolute Gasteiger partial charge is 0.478 e. The molecule has 0 saturated carbocycles. The van der Waals surface area contributed by atoms with Crippen LogP contribution in [-0.4, -0.2) is 23.0 Å². The first-order valence-corrected chi connectivity index (χ1v) is 6.58. The van der Waals surface area contributed by atoms with E-state index in [1.807, 2.05) is 31.3 Å². The highest BCUT2D eigenvalue weighted by Gasteiger charge is 2.06. The number of carboxylic acids is 1. The summed E-state index contributed by atoms with van der Waals surface area (Å²) in [4.78, 5) is 13.0. The van der Waals surface area contributed by atoms with Crippen LogP contribution >= 0.6 is 0 Å². The van der Waals surface area contributed by atoms with Gasteiger partial charge in [-0.3, -0.25) is 4.90 Å². The summed E-state index contributed by atoms with van der Waals surface area (Å²) < 4.78 is 0. The first-order valence-electron chi connectivity index (χ1n) is 6.58. The van der Waals surface area contributed by atoms with Crippen LogP contribution in [0.25, 0.3) is 0 Å². The molecular formula is C17H16N2O2. The Morgan fingerprint density at radius 2 is 1.76 bits per heavy atom. The van der Waals surface area contributed by atoms with E-state index >= 15 is 0 Å². The van der Waals surface area contributed by atoms with E-state index in [4.69, 9.17) is 10.4 Å². The molecule has 0 fully saturated rings. The minimum Gasteiger partial charge on any atom is -0.478 e. The number of rotatable bonds is 5. The van der Waals surface area contributed by atoms with Crippen molar-refractivity contribution < 1.29 is 9.90 Å². The Bertz CT molecular complexity index is 689. The Labute approximate surface area is 123 Å². The van der Waals surface area contributed by atoms with Crippen LogP contribution in [-0.2, 0) is 13.1 Å². The lowest BCUT2D eigenvalue weighted by Gasteiger charge is -2.17. The predicted octanol–water partition coefficient (Wildman–Crippen LogP) is 2.89. The van der Waals surface area contributed by atoms with Crippen molar-refractivity contribution in [2.45, 2.75) is 13.1 Å². The van der Waals surface area contributed by atoms with E-state index in [2.05, 4.69) is 11.0 Å². The average molecular weight is 280 g/mol. The lowest BCUT2D eigenvalue weighted by molar-refractivity contribution is 0.0696. The fourth-order valence-corrected chi connectivity index (χ4v) is 2.22. The molecule has 0 unspecified atom stereocenters. The highest BCUT2D eigenvalue weighted by molar-refractivity contribution is 5.87. The SMILES string of the molecule is CN(Cc1cccc(C#N)c1)Cc1cccc(C(=O)O)c1. The molecule has 0 aliphatic rings. The Morgan fingerprint density at radius 3 is 2.38 bits per heavy atom. The van der Waals surface area contributed by atoms with Crippen LogP contribution in [0.1, 0.15) is 27.0 Å². The summed E-state index contributed by atoms with van der Waals surface area (Å²) in [5.41, 5.74) is 2.96. The molecule has 0 bridgehead atoms. The molecule has 1 N–H and O–H groups in total. The molecule has 0 heterocycles. The molecule has 2 aromatic rings. The van der Waals surface area contributed by atoms with Crippen LogP contribution in [0.15, 0.2) is 48.5 Å². The molecule has 106 valence electrons. The molecule has 0 aliphatic carbocycles. The zero-order valence-electron chi connectivity index (χ0n) is 11.8. The monoisotopic (exact) mass is 280 g/mol. The second-order valence-electron chi connectivity index (χ2n) is 4.99. The number of benzene rings is 2. The quantitative estimate of drug-likeness (QED) is 0.914. The maximum atomic E-state index is 11.0. The molecule has 0 radical (unpaired) electrons. The Balaban J connectivity index is 2.04. The van der Waals surface area contributed by atoms with Gasteiger partial charge in [0.2, 0.25) is 0 Å². The van der Waals surface area contributed by atoms with E-state index in [0.29, 0.717) is 24.2 Å². The molecule has 0 aromatic heterocycles. The first-order chi connectivity index (χ1) is 10.1. The number of carboxylic acid groups (broad SMARTS) is 1. The highest BCUT2D eigenvalue weighted by Crippen LogP contribution is 2.11. The number of hydrogen-bond acceptors (Lipinski definition) is 3. The van der Waals surface area contributed by atoms with Crippen LogP contribution < -0.4 is 0 Å². The van der Waals surface area contributed by atoms with E-state index in [0.717, 1.165) is 11.1 Å². The molecule has 2 rings (SSSR count). The fourth-order valence-electron chi connectivity index (χ4n) is 2.22. The van der Waals surface area contributed by atoms with Crippen LogP contribution in [0.4, 0.5) is 0 Å². The zero-order valence-corrected chi connectivity index (χ0v) is 11.8. The molecule has 4 nitrogen and oxygen atoms in total. The molecule has 2 aromatic carbocycles. The maximum absolute atomic E-state index is 11.0. The van der Waals surface area contributed by atoms with Crippen LogP contribution in [0, 0.1) is 11.3 Å². The lowest BCUT2D eigenvalue weighted by atomic mass is 10.1. The van der Waals surface area contributed by atoms with Crippen LogP contribution in [0.2, 0.25) is 0 Å². The van der Waals surface area contributed by atoms with E-state index in [1.165, 1.54) is 0 Å². The number of carbonyl (C=O) groups is 1. The predicted molar refractivity (Wildman–Crippen MR) is 79.7 cm³/mol. The first kappa shape index (κ1) is 14.8. The summed E-state index contributed by atoms with van der Waals surface area (Å²) in [7, 11) is 1.96. The van der Waals surface area contributed by atoms with Crippen molar-refractivity contribution in [2.24, 2.45) is 0 Å². The van der Waals surface area contributed by atoms with Gasteiger partial charge in [0, 0.05) is 13.1 Å². The van der Waals surface area contributed by atoms with Gasteiger partial charge in [-0.25, -0.2) is 4.79 Å². The van der Waals surface area contributed by atoms with Gasteiger partial charge in [-0.05, 0) is 42.4 Å². The molecule has 0 saturated heterocycles. The van der Waals surface area contributed by atoms with Crippen LogP contribution in [0.3, 0.4) is 0 Å². The fraction of sp³-hybridized carbons (Fsp3) is 0.176. The number of aromatic carboxylic acids is 1. The van der Waals surface area contributed by atoms with Gasteiger partial charge in [0.05, 0.1) is 17.2 Å². The third kappa shape index (κ3) is 4.16. The number of hydrogen-bond donors (Lipinski definition) is 1. The van der Waals surface area contributed by atoms with Gasteiger partial charge in [-0.2, -0.15) is 5.26 Å². The van der Waals surface area contributed by atoms with Gasteiger partial charge in [-0.1, -0.05) is 24.3 Å². The lowest BCUT2D eigenvalue weighted by Crippen LogP contribution is -2.17. The van der Waals surface area contributed by atoms with E-state index < -0.39 is 5.97 Å². The Kier molecular flexibility index (Phi) is 4.70. The van der Waals surface area contributed by atoms with Crippen molar-refractivity contribution in [1.82, 2.24) is 4.90 Å². The molecular weight excluding hydrogens is 264 g/mol. The second-order valence-corrected chi connectivity index (χ2v) is 4.99. The van der Waals surface area contributed by atoms with E-state index in [-0.39, 0.29) is 0 Å². The summed E-state index contributed by atoms with van der Waals surface area (Å²) >= 11 is 0. The average Bonchev–Trinajstić information content (AvgIpc) is 2.47. The minimum atomic E-state index is -0.916. The Morgan fingerprint density at radius 1 is 1.14 bits per heavy atom. The topological polar surface area (TPSA) is 64.3 Å². The van der Waals surface area contributed by atoms with Crippen molar-refractivity contribution in [1.29, 1.82) is 5.26 Å². The summed E-state index contributed by atoms with van der Waals surface area (Å²) in [6.45, 7) is 1.35. The van der Waals surface area contributed by atoms with Crippen molar-refractivity contribution in [3.8, 4) is 6.07 Å². The van der Waals surface area contributed by atoms with E-state index in [9.17, 15) is 4.79 Å². The van der Waals surface area contributed by atoms with Crippen molar-refractivity contribution in [3.63, 3.8) is 0 Å². The van der Waals surface area contributed by atoms with Crippen molar-refractivity contribution in [3.05, 3.63) is 70.8 Å². The standard InChI is InChI=1S/C17H16N2O2/c1-19(11-14-5-2-4-13(8-14)10-18)12-15-6-3-7-16(9-15)17(20)21/h2-9H,11-12H2,1H3,(H,20,21). The van der Waals surface area contributed by atoms with Gasteiger partial charge in [0.1, 0.15) is 0 Å². The van der Waals surface area contributed by atoms with Crippen molar-refractivity contribution >= 4 is 5.97 Å². The minimum absolute atomic E-state index is 0.298. The maximum Gasteiger partial charge on any atom is 0.335 e. The zero-order chi connectivity index (χ0) is 15.2. The van der Waals surface area contributed by atoms with Gasteiger partial charge >= 0.3 is 5.97 Å². The molecule has 0 aliphatic heterocycles. The molecule has 0 atom stereocenters. The normalized spacial score (nSPS) is 10.3. The van der Waals surface area contributed by atoms with Crippen molar-refractivity contribution in [2.75, 3.05) is 7.05 Å². The molecule has 4 heteroatoms. The molecule has 0 amide bonds. The van der Waals surface area contributed by atoms with Crippen LogP contribution in [0.5, 0.6) is 0 Å². The Hall–Kier alpha value is -2.64. The number of nitrogens with zero attached hydrogens (tertiary/aromatic N) is 2. The smallest absolute Gasteiger partial charge is 0.335 e. The third-order valence-corrected chi connectivity index (χ3v) is 3.13. The summed E-state index contributed by atoms with van der Waals surface area (Å²) in [5, 5.41) is 17.9. The van der Waals surface area contributed by atoms with Gasteiger partial charge in [0.25, 0.3) is 0 Å². The number of nitriles is 1. The summed E-state index contributed by atoms with van der Waals surface area (Å²) in [6.07, 6.45) is 0. The summed E-state index contributed by atoms with van der Waals surface area (Å²) in [6, 6.07) is 16.5. The molecule has 0 spiro atoms. The third-order valence-electron chi connectivity index (χ3n) is 3.13. The second kappa shape index (κ2) is 6.69. The van der Waals surface area contributed by atoms with Gasteiger partial charge < -0.3 is 5.11 Å². The van der Waals surface area contributed by atoms with E-state index in [1.54, 1.807) is 24.3 Å². The van der Waals surface area contributed by atoms with Gasteiger partial charge in [0.15, 0.2) is 0 Å². The van der Waals surface area contributed by atoms with Gasteiger partial charge in [-0.15, -0.1) is 0 Å². The highest BCUT2D eigenvalue weighted by atomic mass is 16.4.